The Labute approximate surface area is 133 Å². The van der Waals surface area contributed by atoms with Crippen molar-refractivity contribution < 1.29 is 14.6 Å². The number of esters is 1. The molecule has 0 aliphatic heterocycles. The van der Waals surface area contributed by atoms with E-state index in [2.05, 4.69) is 12.1 Å². The first kappa shape index (κ1) is 18.7. The van der Waals surface area contributed by atoms with Crippen molar-refractivity contribution in [3.8, 4) is 0 Å². The molecule has 1 aromatic carbocycles. The van der Waals surface area contributed by atoms with Crippen molar-refractivity contribution in [3.05, 3.63) is 35.4 Å². The van der Waals surface area contributed by atoms with Crippen molar-refractivity contribution in [2.45, 2.75) is 58.0 Å². The van der Waals surface area contributed by atoms with Crippen LogP contribution in [0, 0.1) is 0 Å². The molecule has 0 aliphatic carbocycles. The predicted molar refractivity (Wildman–Crippen MR) is 88.5 cm³/mol. The number of unbranched alkanes of at least 4 members (excludes halogenated alkanes) is 3. The molecule has 4 heteroatoms. The van der Waals surface area contributed by atoms with Gasteiger partial charge in [-0.15, -0.1) is 0 Å². The van der Waals surface area contributed by atoms with Gasteiger partial charge in [0.15, 0.2) is 0 Å². The van der Waals surface area contributed by atoms with E-state index in [1.165, 1.54) is 12.5 Å². The summed E-state index contributed by atoms with van der Waals surface area (Å²) in [7, 11) is 0. The van der Waals surface area contributed by atoms with E-state index in [0.29, 0.717) is 6.54 Å². The Morgan fingerprint density at radius 1 is 1.14 bits per heavy atom. The molecule has 4 nitrogen and oxygen atoms in total. The Hall–Kier alpha value is -1.39. The monoisotopic (exact) mass is 307 g/mol. The summed E-state index contributed by atoms with van der Waals surface area (Å²) in [4.78, 5) is 11.3. The van der Waals surface area contributed by atoms with Gasteiger partial charge in [0.25, 0.3) is 0 Å². The summed E-state index contributed by atoms with van der Waals surface area (Å²) in [6, 6.07) is 8.27. The lowest BCUT2D eigenvalue weighted by Crippen LogP contribution is -2.09. The summed E-state index contributed by atoms with van der Waals surface area (Å²) < 4.78 is 5.45. The SMILES string of the molecule is CC(=O)OC(CCCCCN)c1ccc(CCCCO)cc1. The number of aryl methyl sites for hydroxylation is 1. The van der Waals surface area contributed by atoms with Gasteiger partial charge >= 0.3 is 5.97 Å². The number of rotatable bonds is 11. The molecule has 22 heavy (non-hydrogen) atoms. The molecule has 1 aromatic rings. The lowest BCUT2D eigenvalue weighted by Gasteiger charge is -2.18. The summed E-state index contributed by atoms with van der Waals surface area (Å²) in [6.45, 7) is 2.41. The molecule has 3 N–H and O–H groups in total. The zero-order valence-corrected chi connectivity index (χ0v) is 13.6. The minimum absolute atomic E-state index is 0.165. The van der Waals surface area contributed by atoms with Crippen molar-refractivity contribution >= 4 is 5.97 Å². The van der Waals surface area contributed by atoms with Crippen LogP contribution < -0.4 is 5.73 Å². The highest BCUT2D eigenvalue weighted by atomic mass is 16.5. The zero-order valence-electron chi connectivity index (χ0n) is 13.6. The lowest BCUT2D eigenvalue weighted by molar-refractivity contribution is -0.147. The van der Waals surface area contributed by atoms with Crippen LogP contribution in [-0.2, 0) is 16.0 Å². The Balaban J connectivity index is 2.58. The predicted octanol–water partition coefficient (Wildman–Crippen LogP) is 3.12. The third-order valence-electron chi connectivity index (χ3n) is 3.70. The average molecular weight is 307 g/mol. The molecule has 0 amide bonds. The van der Waals surface area contributed by atoms with Gasteiger partial charge in [0.05, 0.1) is 0 Å². The zero-order chi connectivity index (χ0) is 16.2. The fourth-order valence-corrected chi connectivity index (χ4v) is 2.48. The molecule has 0 spiro atoms. The molecule has 1 unspecified atom stereocenters. The van der Waals surface area contributed by atoms with Crippen LogP contribution in [0.3, 0.4) is 0 Å². The number of carbonyl (C=O) groups is 1. The van der Waals surface area contributed by atoms with Crippen LogP contribution >= 0.6 is 0 Å². The van der Waals surface area contributed by atoms with Crippen molar-refractivity contribution in [2.24, 2.45) is 5.73 Å². The van der Waals surface area contributed by atoms with Gasteiger partial charge in [-0.25, -0.2) is 0 Å². The fraction of sp³-hybridized carbons (Fsp3) is 0.611. The van der Waals surface area contributed by atoms with Crippen molar-refractivity contribution in [1.82, 2.24) is 0 Å². The molecule has 0 aliphatic rings. The molecule has 0 bridgehead atoms. The van der Waals surface area contributed by atoms with Crippen LogP contribution in [0.1, 0.15) is 62.7 Å². The van der Waals surface area contributed by atoms with Crippen LogP contribution in [0.2, 0.25) is 0 Å². The lowest BCUT2D eigenvalue weighted by atomic mass is 10.00. The maximum Gasteiger partial charge on any atom is 0.303 e. The number of hydrogen-bond donors (Lipinski definition) is 2. The number of carbonyl (C=O) groups excluding carboxylic acids is 1. The number of aliphatic hydroxyl groups is 1. The molecule has 124 valence electrons. The van der Waals surface area contributed by atoms with Gasteiger partial charge in [-0.2, -0.15) is 0 Å². The summed E-state index contributed by atoms with van der Waals surface area (Å²) in [5, 5.41) is 8.81. The molecule has 0 heterocycles. The smallest absolute Gasteiger partial charge is 0.303 e. The fourth-order valence-electron chi connectivity index (χ4n) is 2.48. The van der Waals surface area contributed by atoms with E-state index in [4.69, 9.17) is 15.6 Å². The first-order valence-corrected chi connectivity index (χ1v) is 8.24. The minimum Gasteiger partial charge on any atom is -0.458 e. The third-order valence-corrected chi connectivity index (χ3v) is 3.70. The van der Waals surface area contributed by atoms with E-state index in [9.17, 15) is 4.79 Å². The third kappa shape index (κ3) is 7.57. The molecule has 1 rings (SSSR count). The number of benzene rings is 1. The van der Waals surface area contributed by atoms with Crippen molar-refractivity contribution in [2.75, 3.05) is 13.2 Å². The largest absolute Gasteiger partial charge is 0.458 e. The molecule has 0 fully saturated rings. The van der Waals surface area contributed by atoms with E-state index < -0.39 is 0 Å². The summed E-state index contributed by atoms with van der Waals surface area (Å²) in [5.41, 5.74) is 7.80. The Morgan fingerprint density at radius 3 is 2.45 bits per heavy atom. The Morgan fingerprint density at radius 2 is 1.86 bits per heavy atom. The number of hydrogen-bond acceptors (Lipinski definition) is 4. The van der Waals surface area contributed by atoms with Crippen LogP contribution in [-0.4, -0.2) is 24.2 Å². The second kappa shape index (κ2) is 11.2. The van der Waals surface area contributed by atoms with E-state index >= 15 is 0 Å². The quantitative estimate of drug-likeness (QED) is 0.486. The maximum absolute atomic E-state index is 11.3. The molecular formula is C18H29NO3. The van der Waals surface area contributed by atoms with Gasteiger partial charge in [0.1, 0.15) is 6.10 Å². The molecule has 0 radical (unpaired) electrons. The highest BCUT2D eigenvalue weighted by molar-refractivity contribution is 5.66. The number of ether oxygens (including phenoxy) is 1. The minimum atomic E-state index is -0.240. The van der Waals surface area contributed by atoms with Crippen LogP contribution in [0.5, 0.6) is 0 Å². The maximum atomic E-state index is 11.3. The summed E-state index contributed by atoms with van der Waals surface area (Å²) in [6.07, 6.45) is 6.54. The van der Waals surface area contributed by atoms with Crippen molar-refractivity contribution in [1.29, 1.82) is 0 Å². The number of aliphatic hydroxyl groups excluding tert-OH is 1. The van der Waals surface area contributed by atoms with Crippen LogP contribution in [0.15, 0.2) is 24.3 Å². The van der Waals surface area contributed by atoms with E-state index in [0.717, 1.165) is 50.5 Å². The molecule has 0 saturated heterocycles. The standard InChI is InChI=1S/C18H29NO3/c1-15(21)22-18(8-3-2-5-13-19)17-11-9-16(10-12-17)7-4-6-14-20/h9-12,18,20H,2-8,13-14,19H2,1H3. The molecule has 1 atom stereocenters. The highest BCUT2D eigenvalue weighted by Crippen LogP contribution is 2.25. The first-order chi connectivity index (χ1) is 10.7. The molecular weight excluding hydrogens is 278 g/mol. The van der Waals surface area contributed by atoms with Gasteiger partial charge < -0.3 is 15.6 Å². The average Bonchev–Trinajstić information content (AvgIpc) is 2.51. The van der Waals surface area contributed by atoms with E-state index in [-0.39, 0.29) is 18.7 Å². The van der Waals surface area contributed by atoms with Crippen LogP contribution in [0.25, 0.3) is 0 Å². The summed E-state index contributed by atoms with van der Waals surface area (Å²) in [5.74, 6) is -0.240. The van der Waals surface area contributed by atoms with Gasteiger partial charge in [-0.1, -0.05) is 30.7 Å². The van der Waals surface area contributed by atoms with E-state index in [1.54, 1.807) is 0 Å². The van der Waals surface area contributed by atoms with Gasteiger partial charge in [-0.05, 0) is 56.2 Å². The Kier molecular flexibility index (Phi) is 9.51. The molecule has 0 saturated carbocycles. The first-order valence-electron chi connectivity index (χ1n) is 8.24. The summed E-state index contributed by atoms with van der Waals surface area (Å²) >= 11 is 0. The van der Waals surface area contributed by atoms with Gasteiger partial charge in [0.2, 0.25) is 0 Å². The second-order valence-corrected chi connectivity index (χ2v) is 5.66. The second-order valence-electron chi connectivity index (χ2n) is 5.66. The number of nitrogens with two attached hydrogens (primary N) is 1. The molecule has 0 aromatic heterocycles. The van der Waals surface area contributed by atoms with Crippen LogP contribution in [0.4, 0.5) is 0 Å². The Bertz CT molecular complexity index is 417. The van der Waals surface area contributed by atoms with E-state index in [1.807, 2.05) is 12.1 Å². The van der Waals surface area contributed by atoms with Gasteiger partial charge in [0, 0.05) is 13.5 Å². The normalized spacial score (nSPS) is 12.1. The highest BCUT2D eigenvalue weighted by Gasteiger charge is 2.14. The topological polar surface area (TPSA) is 72.5 Å². The van der Waals surface area contributed by atoms with Crippen molar-refractivity contribution in [3.63, 3.8) is 0 Å². The van der Waals surface area contributed by atoms with Gasteiger partial charge in [-0.3, -0.25) is 4.79 Å².